The number of nitrogens with zero attached hydrogens (tertiary/aromatic N) is 3. The molecule has 3 rings (SSSR count). The lowest BCUT2D eigenvalue weighted by Crippen LogP contribution is -2.46. The fourth-order valence-corrected chi connectivity index (χ4v) is 4.59. The molecule has 2 fully saturated rings. The molecule has 1 N–H and O–H groups in total. The van der Waals surface area contributed by atoms with Crippen molar-refractivity contribution in [2.45, 2.75) is 58.5 Å². The monoisotopic (exact) mass is 306 g/mol. The molecule has 1 spiro atoms. The predicted molar refractivity (Wildman–Crippen MR) is 89.8 cm³/mol. The number of rotatable bonds is 2. The first-order chi connectivity index (χ1) is 9.99. The molecule has 0 amide bonds. The first kappa shape index (κ1) is 14.9. The quantitative estimate of drug-likeness (QED) is 0.912. The van der Waals surface area contributed by atoms with Gasteiger partial charge in [-0.25, -0.2) is 0 Å². The minimum atomic E-state index is 0.328. The first-order valence-electron chi connectivity index (χ1n) is 7.94. The molecule has 0 radical (unpaired) electrons. The van der Waals surface area contributed by atoms with E-state index in [1.54, 1.807) is 0 Å². The van der Waals surface area contributed by atoms with Gasteiger partial charge in [-0.1, -0.05) is 18.7 Å². The number of aryl methyl sites for hydroxylation is 2. The summed E-state index contributed by atoms with van der Waals surface area (Å²) in [6, 6.07) is 0. The predicted octanol–water partition coefficient (Wildman–Crippen LogP) is 3.18. The Labute approximate surface area is 131 Å². The van der Waals surface area contributed by atoms with E-state index in [1.165, 1.54) is 42.7 Å². The number of thioether (sulfide) groups is 1. The lowest BCUT2D eigenvalue weighted by atomic mass is 9.78. The van der Waals surface area contributed by atoms with Crippen LogP contribution in [-0.4, -0.2) is 26.2 Å². The summed E-state index contributed by atoms with van der Waals surface area (Å²) in [7, 11) is 2.00. The summed E-state index contributed by atoms with van der Waals surface area (Å²) in [6.07, 6.45) is 5.29. The molecule has 0 atom stereocenters. The van der Waals surface area contributed by atoms with Gasteiger partial charge in [-0.2, -0.15) is 5.10 Å². The van der Waals surface area contributed by atoms with Gasteiger partial charge in [0.2, 0.25) is 0 Å². The third-order valence-corrected chi connectivity index (χ3v) is 6.33. The van der Waals surface area contributed by atoms with E-state index in [1.807, 2.05) is 23.5 Å². The van der Waals surface area contributed by atoms with Crippen molar-refractivity contribution in [1.82, 2.24) is 15.1 Å². The van der Waals surface area contributed by atoms with Crippen LogP contribution in [0.15, 0.2) is 4.99 Å². The van der Waals surface area contributed by atoms with E-state index < -0.39 is 0 Å². The lowest BCUT2D eigenvalue weighted by molar-refractivity contribution is 0.251. The highest BCUT2D eigenvalue weighted by atomic mass is 32.2. The maximum absolute atomic E-state index is 4.81. The normalized spacial score (nSPS) is 31.0. The second-order valence-electron chi connectivity index (χ2n) is 6.77. The minimum absolute atomic E-state index is 0.328. The third-order valence-electron chi connectivity index (χ3n) is 5.13. The van der Waals surface area contributed by atoms with Gasteiger partial charge in [0.15, 0.2) is 5.17 Å². The van der Waals surface area contributed by atoms with Gasteiger partial charge in [0, 0.05) is 29.6 Å². The van der Waals surface area contributed by atoms with Crippen molar-refractivity contribution in [3.8, 4) is 0 Å². The summed E-state index contributed by atoms with van der Waals surface area (Å²) in [6.45, 7) is 7.31. The Morgan fingerprint density at radius 2 is 2.10 bits per heavy atom. The van der Waals surface area contributed by atoms with Gasteiger partial charge in [0.1, 0.15) is 0 Å². The smallest absolute Gasteiger partial charge is 0.157 e. The number of hydrogen-bond acceptors (Lipinski definition) is 3. The summed E-state index contributed by atoms with van der Waals surface area (Å²) >= 11 is 1.90. The standard InChI is InChI=1S/C16H26N4S/c1-11-5-7-16(8-6-11)10-21-15(18-16)17-9-14-12(2)19-20(4)13(14)3/h11H,5-10H2,1-4H3,(H,17,18). The highest BCUT2D eigenvalue weighted by molar-refractivity contribution is 8.14. The average Bonchev–Trinajstić information content (AvgIpc) is 2.95. The summed E-state index contributed by atoms with van der Waals surface area (Å²) in [4.78, 5) is 4.81. The zero-order valence-electron chi connectivity index (χ0n) is 13.6. The van der Waals surface area contributed by atoms with Gasteiger partial charge < -0.3 is 5.32 Å². The fourth-order valence-electron chi connectivity index (χ4n) is 3.37. The van der Waals surface area contributed by atoms with Crippen LogP contribution in [0.5, 0.6) is 0 Å². The third kappa shape index (κ3) is 2.98. The maximum Gasteiger partial charge on any atom is 0.157 e. The summed E-state index contributed by atoms with van der Waals surface area (Å²) in [5, 5.41) is 9.33. The molecule has 0 bridgehead atoms. The molecule has 2 heterocycles. The fraction of sp³-hybridized carbons (Fsp3) is 0.750. The van der Waals surface area contributed by atoms with Crippen LogP contribution in [0.4, 0.5) is 0 Å². The number of hydrogen-bond donors (Lipinski definition) is 1. The molecule has 1 aliphatic carbocycles. The Balaban J connectivity index is 1.66. The Bertz CT molecular complexity index is 553. The minimum Gasteiger partial charge on any atom is -0.359 e. The molecule has 4 nitrogen and oxygen atoms in total. The lowest BCUT2D eigenvalue weighted by Gasteiger charge is -2.35. The Morgan fingerprint density at radius 1 is 1.38 bits per heavy atom. The van der Waals surface area contributed by atoms with Gasteiger partial charge in [0.05, 0.1) is 12.2 Å². The zero-order valence-corrected chi connectivity index (χ0v) is 14.4. The largest absolute Gasteiger partial charge is 0.359 e. The van der Waals surface area contributed by atoms with Gasteiger partial charge in [-0.3, -0.25) is 9.67 Å². The number of amidine groups is 1. The van der Waals surface area contributed by atoms with E-state index in [9.17, 15) is 0 Å². The molecule has 1 aromatic heterocycles. The van der Waals surface area contributed by atoms with Gasteiger partial charge in [0.25, 0.3) is 0 Å². The molecule has 0 aromatic carbocycles. The van der Waals surface area contributed by atoms with Gasteiger partial charge in [-0.15, -0.1) is 0 Å². The molecule has 21 heavy (non-hydrogen) atoms. The molecule has 1 aromatic rings. The SMILES string of the molecule is Cc1nn(C)c(C)c1CN=C1NC2(CCC(C)CC2)CS1. The van der Waals surface area contributed by atoms with Crippen LogP contribution in [0.1, 0.15) is 49.6 Å². The second-order valence-corrected chi connectivity index (χ2v) is 7.73. The van der Waals surface area contributed by atoms with Crippen molar-refractivity contribution >= 4 is 16.9 Å². The van der Waals surface area contributed by atoms with Crippen molar-refractivity contribution in [3.05, 3.63) is 17.0 Å². The van der Waals surface area contributed by atoms with Crippen molar-refractivity contribution in [3.63, 3.8) is 0 Å². The molecular formula is C16H26N4S. The van der Waals surface area contributed by atoms with Crippen molar-refractivity contribution in [2.75, 3.05) is 5.75 Å². The van der Waals surface area contributed by atoms with E-state index in [-0.39, 0.29) is 0 Å². The van der Waals surface area contributed by atoms with Crippen LogP contribution < -0.4 is 5.32 Å². The van der Waals surface area contributed by atoms with Crippen LogP contribution in [0.2, 0.25) is 0 Å². The molecule has 1 aliphatic heterocycles. The van der Waals surface area contributed by atoms with Crippen LogP contribution in [0.3, 0.4) is 0 Å². The van der Waals surface area contributed by atoms with Gasteiger partial charge >= 0.3 is 0 Å². The number of aromatic nitrogens is 2. The molecule has 2 aliphatic rings. The van der Waals surface area contributed by atoms with Crippen LogP contribution in [0, 0.1) is 19.8 Å². The van der Waals surface area contributed by atoms with Crippen LogP contribution >= 0.6 is 11.8 Å². The molecule has 116 valence electrons. The van der Waals surface area contributed by atoms with Crippen molar-refractivity contribution < 1.29 is 0 Å². The average molecular weight is 306 g/mol. The molecule has 0 unspecified atom stereocenters. The van der Waals surface area contributed by atoms with E-state index in [2.05, 4.69) is 31.2 Å². The highest BCUT2D eigenvalue weighted by Gasteiger charge is 2.39. The van der Waals surface area contributed by atoms with Gasteiger partial charge in [-0.05, 0) is 45.4 Å². The number of aliphatic imine (C=N–C) groups is 1. The summed E-state index contributed by atoms with van der Waals surface area (Å²) in [5.74, 6) is 2.08. The zero-order chi connectivity index (χ0) is 15.0. The maximum atomic E-state index is 4.81. The Kier molecular flexibility index (Phi) is 4.04. The van der Waals surface area contributed by atoms with Crippen molar-refractivity contribution in [2.24, 2.45) is 18.0 Å². The topological polar surface area (TPSA) is 42.2 Å². The molecule has 5 heteroatoms. The summed E-state index contributed by atoms with van der Waals surface area (Å²) in [5.41, 5.74) is 3.92. The molecular weight excluding hydrogens is 280 g/mol. The Morgan fingerprint density at radius 3 is 2.71 bits per heavy atom. The van der Waals surface area contributed by atoms with E-state index in [4.69, 9.17) is 4.99 Å². The molecule has 1 saturated carbocycles. The first-order valence-corrected chi connectivity index (χ1v) is 8.92. The van der Waals surface area contributed by atoms with E-state index >= 15 is 0 Å². The van der Waals surface area contributed by atoms with Crippen LogP contribution in [-0.2, 0) is 13.6 Å². The Hall–Kier alpha value is -0.970. The van der Waals surface area contributed by atoms with Crippen LogP contribution in [0.25, 0.3) is 0 Å². The molecule has 1 saturated heterocycles. The highest BCUT2D eigenvalue weighted by Crippen LogP contribution is 2.38. The second kappa shape index (κ2) is 5.67. The number of nitrogens with one attached hydrogen (secondary N) is 1. The van der Waals surface area contributed by atoms with Crippen molar-refractivity contribution in [1.29, 1.82) is 0 Å². The summed E-state index contributed by atoms with van der Waals surface area (Å²) < 4.78 is 1.95. The van der Waals surface area contributed by atoms with E-state index in [0.29, 0.717) is 5.54 Å². The van der Waals surface area contributed by atoms with E-state index in [0.717, 1.165) is 23.3 Å².